The van der Waals surface area contributed by atoms with Crippen molar-refractivity contribution in [2.75, 3.05) is 5.32 Å². The number of aromatic hydroxyl groups is 1. The second-order valence-electron chi connectivity index (χ2n) is 5.09. The predicted molar refractivity (Wildman–Crippen MR) is 103 cm³/mol. The molecule has 0 fully saturated rings. The summed E-state index contributed by atoms with van der Waals surface area (Å²) in [5, 5.41) is 26.9. The molecule has 0 bridgehead atoms. The Kier molecular flexibility index (Phi) is 6.22. The van der Waals surface area contributed by atoms with Crippen molar-refractivity contribution in [1.82, 2.24) is 5.43 Å². The van der Waals surface area contributed by atoms with Crippen LogP contribution in [0.1, 0.15) is 22.8 Å². The average Bonchev–Trinajstić information content (AvgIpc) is 2.57. The van der Waals surface area contributed by atoms with Crippen molar-refractivity contribution in [2.24, 2.45) is 5.10 Å². The summed E-state index contributed by atoms with van der Waals surface area (Å²) >= 11 is 1.76. The largest absolute Gasteiger partial charge is 0.501 e. The molecule has 134 valence electrons. The molecule has 0 saturated heterocycles. The summed E-state index contributed by atoms with van der Waals surface area (Å²) in [5.41, 5.74) is 2.93. The van der Waals surface area contributed by atoms with Crippen LogP contribution in [0.4, 0.5) is 11.4 Å². The Morgan fingerprint density at radius 2 is 2.04 bits per heavy atom. The summed E-state index contributed by atoms with van der Waals surface area (Å²) in [5.74, 6) is -1.20. The van der Waals surface area contributed by atoms with Crippen molar-refractivity contribution in [3.63, 3.8) is 0 Å². The fourth-order valence-corrected chi connectivity index (χ4v) is 2.63. The third kappa shape index (κ3) is 4.99. The van der Waals surface area contributed by atoms with Crippen molar-refractivity contribution in [2.45, 2.75) is 6.92 Å². The lowest BCUT2D eigenvalue weighted by Gasteiger charge is -2.05. The predicted octanol–water partition coefficient (Wildman–Crippen LogP) is 2.63. The van der Waals surface area contributed by atoms with Gasteiger partial charge in [-0.2, -0.15) is 5.10 Å². The number of benzene rings is 2. The molecule has 0 aromatic heterocycles. The number of rotatable bonds is 5. The van der Waals surface area contributed by atoms with E-state index in [1.54, 1.807) is 40.8 Å². The van der Waals surface area contributed by atoms with Gasteiger partial charge in [0.1, 0.15) is 0 Å². The van der Waals surface area contributed by atoms with Gasteiger partial charge in [-0.3, -0.25) is 19.7 Å². The number of anilines is 1. The number of nitrogens with one attached hydrogen (secondary N) is 2. The van der Waals surface area contributed by atoms with E-state index in [0.29, 0.717) is 11.3 Å². The Morgan fingerprint density at radius 1 is 1.31 bits per heavy atom. The van der Waals surface area contributed by atoms with Crippen LogP contribution in [0.25, 0.3) is 0 Å². The third-order valence-electron chi connectivity index (χ3n) is 3.09. The SMILES string of the molecule is CC(=O)Nc1cccc(C(=O)N/N=C\c2cc(I)c(O)c([N+](=O)[O-])c2)c1. The number of carbonyl (C=O) groups excluding carboxylic acids is 2. The van der Waals surface area contributed by atoms with E-state index in [2.05, 4.69) is 15.8 Å². The number of phenols is 1. The minimum atomic E-state index is -0.707. The maximum absolute atomic E-state index is 12.1. The van der Waals surface area contributed by atoms with Gasteiger partial charge in [0.25, 0.3) is 5.91 Å². The first kappa shape index (κ1) is 19.3. The van der Waals surface area contributed by atoms with Crippen LogP contribution in [0.2, 0.25) is 0 Å². The van der Waals surface area contributed by atoms with Gasteiger partial charge < -0.3 is 10.4 Å². The summed E-state index contributed by atoms with van der Waals surface area (Å²) in [7, 11) is 0. The third-order valence-corrected chi connectivity index (χ3v) is 3.91. The molecular formula is C16H13IN4O5. The molecule has 0 aliphatic rings. The molecule has 26 heavy (non-hydrogen) atoms. The number of hydrazone groups is 1. The molecule has 2 amide bonds. The number of phenolic OH excluding ortho intramolecular Hbond substituents is 1. The Hall–Kier alpha value is -3.02. The molecule has 0 spiro atoms. The first-order valence-corrected chi connectivity index (χ1v) is 8.23. The highest BCUT2D eigenvalue weighted by molar-refractivity contribution is 14.1. The minimum absolute atomic E-state index is 0.260. The number of nitro benzene ring substituents is 1. The van der Waals surface area contributed by atoms with Gasteiger partial charge in [-0.05, 0) is 46.9 Å². The fraction of sp³-hybridized carbons (Fsp3) is 0.0625. The summed E-state index contributed by atoms with van der Waals surface area (Å²) in [4.78, 5) is 33.3. The highest BCUT2D eigenvalue weighted by atomic mass is 127. The first-order chi connectivity index (χ1) is 12.3. The van der Waals surface area contributed by atoms with Crippen molar-refractivity contribution < 1.29 is 19.6 Å². The second kappa shape index (κ2) is 8.38. The zero-order valence-corrected chi connectivity index (χ0v) is 15.6. The van der Waals surface area contributed by atoms with Crippen LogP contribution in [-0.2, 0) is 4.79 Å². The number of hydrogen-bond donors (Lipinski definition) is 3. The molecule has 2 aromatic carbocycles. The van der Waals surface area contributed by atoms with Gasteiger partial charge in [0.05, 0.1) is 14.7 Å². The van der Waals surface area contributed by atoms with E-state index in [-0.39, 0.29) is 15.0 Å². The highest BCUT2D eigenvalue weighted by Gasteiger charge is 2.17. The van der Waals surface area contributed by atoms with Gasteiger partial charge in [-0.15, -0.1) is 0 Å². The van der Waals surface area contributed by atoms with Crippen molar-refractivity contribution in [1.29, 1.82) is 0 Å². The van der Waals surface area contributed by atoms with Gasteiger partial charge in [-0.1, -0.05) is 6.07 Å². The van der Waals surface area contributed by atoms with Gasteiger partial charge in [0.15, 0.2) is 0 Å². The minimum Gasteiger partial charge on any atom is -0.501 e. The lowest BCUT2D eigenvalue weighted by Crippen LogP contribution is -2.18. The normalized spacial score (nSPS) is 10.5. The van der Waals surface area contributed by atoms with E-state index in [1.165, 1.54) is 25.3 Å². The van der Waals surface area contributed by atoms with E-state index < -0.39 is 22.3 Å². The quantitative estimate of drug-likeness (QED) is 0.269. The van der Waals surface area contributed by atoms with E-state index in [1.807, 2.05) is 0 Å². The van der Waals surface area contributed by atoms with E-state index in [4.69, 9.17) is 0 Å². The molecule has 3 N–H and O–H groups in total. The zero-order valence-electron chi connectivity index (χ0n) is 13.4. The molecule has 0 heterocycles. The molecule has 0 radical (unpaired) electrons. The van der Waals surface area contributed by atoms with Crippen molar-refractivity contribution in [3.05, 3.63) is 61.2 Å². The Bertz CT molecular complexity index is 914. The standard InChI is InChI=1S/C16H13IN4O5/c1-9(22)19-12-4-2-3-11(7-12)16(24)20-18-8-10-5-13(17)15(23)14(6-10)21(25)26/h2-8,23H,1H3,(H,19,22)(H,20,24)/b18-8-. The van der Waals surface area contributed by atoms with E-state index in [9.17, 15) is 24.8 Å². The maximum atomic E-state index is 12.1. The maximum Gasteiger partial charge on any atom is 0.312 e. The summed E-state index contributed by atoms with van der Waals surface area (Å²) in [6, 6.07) is 8.90. The van der Waals surface area contributed by atoms with Crippen LogP contribution in [0.5, 0.6) is 5.75 Å². The van der Waals surface area contributed by atoms with Crippen LogP contribution >= 0.6 is 22.6 Å². The number of halogens is 1. The molecule has 0 aliphatic heterocycles. The smallest absolute Gasteiger partial charge is 0.312 e. The van der Waals surface area contributed by atoms with Gasteiger partial charge in [0.2, 0.25) is 11.7 Å². The Labute approximate surface area is 161 Å². The van der Waals surface area contributed by atoms with Crippen LogP contribution in [0.15, 0.2) is 41.5 Å². The van der Waals surface area contributed by atoms with Crippen LogP contribution in [0.3, 0.4) is 0 Å². The summed E-state index contributed by atoms with van der Waals surface area (Å²) in [6.07, 6.45) is 1.23. The summed E-state index contributed by atoms with van der Waals surface area (Å²) < 4.78 is 0.285. The average molecular weight is 468 g/mol. The highest BCUT2D eigenvalue weighted by Crippen LogP contribution is 2.31. The molecule has 2 rings (SSSR count). The van der Waals surface area contributed by atoms with E-state index in [0.717, 1.165) is 6.07 Å². The molecule has 0 saturated carbocycles. The number of nitro groups is 1. The molecular weight excluding hydrogens is 455 g/mol. The van der Waals surface area contributed by atoms with Crippen molar-refractivity contribution >= 4 is 52.0 Å². The summed E-state index contributed by atoms with van der Waals surface area (Å²) in [6.45, 7) is 1.36. The van der Waals surface area contributed by atoms with Gasteiger partial charge >= 0.3 is 5.69 Å². The number of carbonyl (C=O) groups is 2. The van der Waals surface area contributed by atoms with Crippen LogP contribution in [0, 0.1) is 13.7 Å². The first-order valence-electron chi connectivity index (χ1n) is 7.16. The topological polar surface area (TPSA) is 134 Å². The zero-order chi connectivity index (χ0) is 19.3. The fourth-order valence-electron chi connectivity index (χ4n) is 1.99. The monoisotopic (exact) mass is 468 g/mol. The number of nitrogens with zero attached hydrogens (tertiary/aromatic N) is 2. The molecule has 10 heteroatoms. The molecule has 0 aliphatic carbocycles. The Balaban J connectivity index is 2.12. The number of hydrogen-bond acceptors (Lipinski definition) is 6. The van der Waals surface area contributed by atoms with Crippen LogP contribution in [-0.4, -0.2) is 28.1 Å². The van der Waals surface area contributed by atoms with Crippen LogP contribution < -0.4 is 10.7 Å². The Morgan fingerprint density at radius 3 is 2.69 bits per heavy atom. The lowest BCUT2D eigenvalue weighted by molar-refractivity contribution is -0.386. The van der Waals surface area contributed by atoms with Gasteiger partial charge in [-0.25, -0.2) is 5.43 Å². The lowest BCUT2D eigenvalue weighted by atomic mass is 10.2. The molecule has 0 atom stereocenters. The second-order valence-corrected chi connectivity index (χ2v) is 6.25. The molecule has 0 unspecified atom stereocenters. The van der Waals surface area contributed by atoms with Gasteiger partial charge in [0, 0.05) is 29.8 Å². The molecule has 9 nitrogen and oxygen atoms in total. The van der Waals surface area contributed by atoms with E-state index >= 15 is 0 Å². The van der Waals surface area contributed by atoms with Crippen molar-refractivity contribution in [3.8, 4) is 5.75 Å². The molecule has 2 aromatic rings. The number of amides is 2.